The molecular formula is C15H16N4O3S. The van der Waals surface area contributed by atoms with Crippen molar-refractivity contribution in [3.63, 3.8) is 0 Å². The average molecular weight is 332 g/mol. The molecular weight excluding hydrogens is 316 g/mol. The summed E-state index contributed by atoms with van der Waals surface area (Å²) in [5, 5.41) is 6.93. The zero-order valence-corrected chi connectivity index (χ0v) is 13.6. The van der Waals surface area contributed by atoms with Crippen LogP contribution in [0.2, 0.25) is 0 Å². The molecule has 1 aromatic carbocycles. The SMILES string of the molecule is Cc1noc([C@@H](C)S(=O)(=O)Cc2ccc(-n3cccn3)cc2)n1. The van der Waals surface area contributed by atoms with Gasteiger partial charge in [-0.25, -0.2) is 13.1 Å². The summed E-state index contributed by atoms with van der Waals surface area (Å²) < 4.78 is 31.6. The number of sulfone groups is 1. The zero-order chi connectivity index (χ0) is 16.4. The molecule has 0 unspecified atom stereocenters. The van der Waals surface area contributed by atoms with Crippen molar-refractivity contribution in [2.24, 2.45) is 0 Å². The lowest BCUT2D eigenvalue weighted by Crippen LogP contribution is -2.13. The van der Waals surface area contributed by atoms with Crippen molar-refractivity contribution in [3.8, 4) is 5.69 Å². The third-order valence-electron chi connectivity index (χ3n) is 3.50. The molecule has 0 aliphatic heterocycles. The van der Waals surface area contributed by atoms with Crippen LogP contribution in [-0.4, -0.2) is 28.3 Å². The molecule has 0 saturated carbocycles. The van der Waals surface area contributed by atoms with Crippen molar-refractivity contribution in [1.82, 2.24) is 19.9 Å². The predicted molar refractivity (Wildman–Crippen MR) is 83.6 cm³/mol. The van der Waals surface area contributed by atoms with E-state index in [0.29, 0.717) is 11.4 Å². The van der Waals surface area contributed by atoms with E-state index in [1.807, 2.05) is 24.4 Å². The molecule has 23 heavy (non-hydrogen) atoms. The van der Waals surface area contributed by atoms with Crippen molar-refractivity contribution >= 4 is 9.84 Å². The molecule has 0 fully saturated rings. The highest BCUT2D eigenvalue weighted by Gasteiger charge is 2.27. The molecule has 0 bridgehead atoms. The maximum atomic E-state index is 12.5. The van der Waals surface area contributed by atoms with Gasteiger partial charge in [-0.1, -0.05) is 17.3 Å². The lowest BCUT2D eigenvalue weighted by molar-refractivity contribution is 0.373. The van der Waals surface area contributed by atoms with Gasteiger partial charge in [0.1, 0.15) is 5.25 Å². The number of aromatic nitrogens is 4. The van der Waals surface area contributed by atoms with Gasteiger partial charge >= 0.3 is 0 Å². The Hall–Kier alpha value is -2.48. The van der Waals surface area contributed by atoms with Gasteiger partial charge < -0.3 is 4.52 Å². The van der Waals surface area contributed by atoms with Crippen molar-refractivity contribution in [2.75, 3.05) is 0 Å². The average Bonchev–Trinajstić information content (AvgIpc) is 3.18. The Morgan fingerprint density at radius 3 is 2.57 bits per heavy atom. The summed E-state index contributed by atoms with van der Waals surface area (Å²) in [6.07, 6.45) is 3.51. The normalized spacial score (nSPS) is 13.1. The van der Waals surface area contributed by atoms with Crippen molar-refractivity contribution in [2.45, 2.75) is 24.9 Å². The van der Waals surface area contributed by atoms with E-state index in [0.717, 1.165) is 5.69 Å². The van der Waals surface area contributed by atoms with E-state index in [9.17, 15) is 8.42 Å². The van der Waals surface area contributed by atoms with Gasteiger partial charge in [-0.05, 0) is 37.6 Å². The first-order valence-electron chi connectivity index (χ1n) is 7.06. The summed E-state index contributed by atoms with van der Waals surface area (Å²) in [6.45, 7) is 3.21. The van der Waals surface area contributed by atoms with Gasteiger partial charge in [0.2, 0.25) is 5.89 Å². The van der Waals surface area contributed by atoms with Crippen LogP contribution in [-0.2, 0) is 15.6 Å². The molecule has 0 saturated heterocycles. The van der Waals surface area contributed by atoms with E-state index in [-0.39, 0.29) is 11.6 Å². The predicted octanol–water partition coefficient (Wildman–Crippen LogP) is 2.24. The first-order chi connectivity index (χ1) is 11.0. The smallest absolute Gasteiger partial charge is 0.244 e. The number of hydrogen-bond acceptors (Lipinski definition) is 6. The summed E-state index contributed by atoms with van der Waals surface area (Å²) in [5.41, 5.74) is 1.57. The fraction of sp³-hybridized carbons (Fsp3) is 0.267. The number of nitrogens with zero attached hydrogens (tertiary/aromatic N) is 4. The summed E-state index contributed by atoms with van der Waals surface area (Å²) >= 11 is 0. The fourth-order valence-electron chi connectivity index (χ4n) is 2.16. The van der Waals surface area contributed by atoms with Gasteiger partial charge in [-0.3, -0.25) is 0 Å². The Morgan fingerprint density at radius 1 is 1.26 bits per heavy atom. The number of hydrogen-bond donors (Lipinski definition) is 0. The molecule has 120 valence electrons. The van der Waals surface area contributed by atoms with E-state index < -0.39 is 15.1 Å². The molecule has 0 radical (unpaired) electrons. The van der Waals surface area contributed by atoms with Crippen molar-refractivity contribution < 1.29 is 12.9 Å². The van der Waals surface area contributed by atoms with Crippen LogP contribution in [0.1, 0.15) is 29.5 Å². The maximum Gasteiger partial charge on any atom is 0.244 e. The standard InChI is InChI=1S/C15H16N4O3S/c1-11(15-17-12(2)18-22-15)23(20,21)10-13-4-6-14(7-5-13)19-9-3-8-16-19/h3-9,11H,10H2,1-2H3/t11-/m1/s1. The van der Waals surface area contributed by atoms with Gasteiger partial charge in [0.25, 0.3) is 0 Å². The number of rotatable bonds is 5. The topological polar surface area (TPSA) is 90.9 Å². The van der Waals surface area contributed by atoms with Gasteiger partial charge in [-0.2, -0.15) is 10.1 Å². The third kappa shape index (κ3) is 3.31. The van der Waals surface area contributed by atoms with Crippen LogP contribution in [0.25, 0.3) is 5.69 Å². The fourth-order valence-corrected chi connectivity index (χ4v) is 3.47. The second-order valence-electron chi connectivity index (χ2n) is 5.25. The summed E-state index contributed by atoms with van der Waals surface area (Å²) in [5.74, 6) is 0.455. The van der Waals surface area contributed by atoms with Crippen LogP contribution in [0, 0.1) is 6.92 Å². The Bertz CT molecular complexity index is 883. The van der Waals surface area contributed by atoms with E-state index in [1.54, 1.807) is 36.9 Å². The minimum absolute atomic E-state index is 0.0883. The van der Waals surface area contributed by atoms with Crippen LogP contribution >= 0.6 is 0 Å². The van der Waals surface area contributed by atoms with Gasteiger partial charge in [0.15, 0.2) is 15.7 Å². The minimum Gasteiger partial charge on any atom is -0.338 e. The van der Waals surface area contributed by atoms with Gasteiger partial charge in [0, 0.05) is 12.4 Å². The lowest BCUT2D eigenvalue weighted by atomic mass is 10.2. The van der Waals surface area contributed by atoms with Gasteiger partial charge in [-0.15, -0.1) is 0 Å². The van der Waals surface area contributed by atoms with E-state index in [1.165, 1.54) is 0 Å². The maximum absolute atomic E-state index is 12.5. The quantitative estimate of drug-likeness (QED) is 0.711. The lowest BCUT2D eigenvalue weighted by Gasteiger charge is -2.09. The zero-order valence-electron chi connectivity index (χ0n) is 12.7. The number of aryl methyl sites for hydroxylation is 1. The Kier molecular flexibility index (Phi) is 3.99. The van der Waals surface area contributed by atoms with E-state index in [2.05, 4.69) is 15.2 Å². The summed E-state index contributed by atoms with van der Waals surface area (Å²) in [6, 6.07) is 9.05. The Morgan fingerprint density at radius 2 is 2.00 bits per heavy atom. The summed E-state index contributed by atoms with van der Waals surface area (Å²) in [4.78, 5) is 4.00. The second-order valence-corrected chi connectivity index (χ2v) is 7.57. The van der Waals surface area contributed by atoms with Crippen LogP contribution in [0.3, 0.4) is 0 Å². The molecule has 1 atom stereocenters. The molecule has 0 N–H and O–H groups in total. The molecule has 2 aromatic heterocycles. The molecule has 3 rings (SSSR count). The van der Waals surface area contributed by atoms with E-state index >= 15 is 0 Å². The van der Waals surface area contributed by atoms with Crippen molar-refractivity contribution in [3.05, 3.63) is 60.0 Å². The minimum atomic E-state index is -3.44. The van der Waals surface area contributed by atoms with Gasteiger partial charge in [0.05, 0.1) is 11.4 Å². The molecule has 2 heterocycles. The monoisotopic (exact) mass is 332 g/mol. The van der Waals surface area contributed by atoms with Crippen LogP contribution in [0.4, 0.5) is 0 Å². The highest BCUT2D eigenvalue weighted by atomic mass is 32.2. The first-order valence-corrected chi connectivity index (χ1v) is 8.78. The van der Waals surface area contributed by atoms with Crippen LogP contribution in [0.5, 0.6) is 0 Å². The largest absolute Gasteiger partial charge is 0.338 e. The highest BCUT2D eigenvalue weighted by molar-refractivity contribution is 7.90. The Balaban J connectivity index is 1.78. The Labute approximate surface area is 133 Å². The highest BCUT2D eigenvalue weighted by Crippen LogP contribution is 2.24. The van der Waals surface area contributed by atoms with E-state index in [4.69, 9.17) is 4.52 Å². The van der Waals surface area contributed by atoms with Crippen LogP contribution < -0.4 is 0 Å². The van der Waals surface area contributed by atoms with Crippen molar-refractivity contribution in [1.29, 1.82) is 0 Å². The molecule has 0 spiro atoms. The molecule has 0 aliphatic rings. The number of benzene rings is 1. The molecule has 8 heteroatoms. The summed E-state index contributed by atoms with van der Waals surface area (Å²) in [7, 11) is -3.44. The third-order valence-corrected chi connectivity index (χ3v) is 5.52. The second kappa shape index (κ2) is 5.96. The molecule has 7 nitrogen and oxygen atoms in total. The van der Waals surface area contributed by atoms with Crippen LogP contribution in [0.15, 0.2) is 47.2 Å². The molecule has 0 amide bonds. The molecule has 3 aromatic rings. The molecule has 0 aliphatic carbocycles. The first kappa shape index (κ1) is 15.4.